The third kappa shape index (κ3) is 3.84. The number of carbonyl (C=O) groups is 1. The first-order chi connectivity index (χ1) is 14.2. The van der Waals surface area contributed by atoms with Crippen molar-refractivity contribution in [1.82, 2.24) is 25.1 Å². The van der Waals surface area contributed by atoms with Gasteiger partial charge in [0.05, 0.1) is 0 Å². The first kappa shape index (κ1) is 17.1. The van der Waals surface area contributed by atoms with E-state index < -0.39 is 0 Å². The van der Waals surface area contributed by atoms with Crippen molar-refractivity contribution in [2.45, 2.75) is 18.8 Å². The molecule has 144 valence electrons. The van der Waals surface area contributed by atoms with Gasteiger partial charge in [0.25, 0.3) is 5.91 Å². The Bertz CT molecular complexity index is 1110. The number of carbonyl (C=O) groups excluding carboxylic acids is 1. The van der Waals surface area contributed by atoms with Crippen molar-refractivity contribution in [2.24, 2.45) is 0 Å². The molecule has 0 saturated heterocycles. The van der Waals surface area contributed by atoms with Gasteiger partial charge in [0.15, 0.2) is 17.3 Å². The van der Waals surface area contributed by atoms with Gasteiger partial charge in [0, 0.05) is 35.8 Å². The van der Waals surface area contributed by atoms with Gasteiger partial charge < -0.3 is 15.2 Å². The van der Waals surface area contributed by atoms with Gasteiger partial charge in [0.2, 0.25) is 0 Å². The molecule has 3 heterocycles. The molecular weight excluding hydrogens is 370 g/mol. The highest BCUT2D eigenvalue weighted by Gasteiger charge is 2.28. The smallest absolute Gasteiger partial charge is 0.277 e. The molecule has 1 aromatic carbocycles. The minimum absolute atomic E-state index is 0.290. The van der Waals surface area contributed by atoms with E-state index in [1.165, 1.54) is 0 Å². The van der Waals surface area contributed by atoms with Crippen LogP contribution in [0.1, 0.15) is 35.0 Å². The van der Waals surface area contributed by atoms with E-state index in [1.807, 2.05) is 30.3 Å². The van der Waals surface area contributed by atoms with Crippen LogP contribution in [0.2, 0.25) is 0 Å². The molecule has 0 spiro atoms. The van der Waals surface area contributed by atoms with Gasteiger partial charge in [-0.25, -0.2) is 4.68 Å². The summed E-state index contributed by atoms with van der Waals surface area (Å²) in [6, 6.07) is 14.5. The van der Waals surface area contributed by atoms with E-state index in [4.69, 9.17) is 4.52 Å². The SMILES string of the molecule is O=C(Nc1ccc(Nc2ccc(-n3cccn3)nn2)cc1)c1cc(C2CC2)on1. The molecule has 9 heteroatoms. The number of amides is 1. The van der Waals surface area contributed by atoms with E-state index in [2.05, 4.69) is 31.1 Å². The van der Waals surface area contributed by atoms with E-state index in [-0.39, 0.29) is 5.91 Å². The number of benzene rings is 1. The van der Waals surface area contributed by atoms with Crippen LogP contribution in [-0.4, -0.2) is 31.0 Å². The lowest BCUT2D eigenvalue weighted by Crippen LogP contribution is -2.12. The first-order valence-electron chi connectivity index (χ1n) is 9.23. The Morgan fingerprint density at radius 2 is 1.90 bits per heavy atom. The molecule has 5 rings (SSSR count). The Morgan fingerprint density at radius 3 is 2.59 bits per heavy atom. The molecule has 1 fully saturated rings. The van der Waals surface area contributed by atoms with Crippen molar-refractivity contribution in [3.63, 3.8) is 0 Å². The van der Waals surface area contributed by atoms with E-state index in [0.717, 1.165) is 24.3 Å². The summed E-state index contributed by atoms with van der Waals surface area (Å²) >= 11 is 0. The van der Waals surface area contributed by atoms with E-state index in [1.54, 1.807) is 35.3 Å². The molecule has 9 nitrogen and oxygen atoms in total. The number of hydrogen-bond acceptors (Lipinski definition) is 7. The van der Waals surface area contributed by atoms with Gasteiger partial charge in [-0.3, -0.25) is 4.79 Å². The maximum atomic E-state index is 12.3. The molecule has 4 aromatic rings. The maximum absolute atomic E-state index is 12.3. The van der Waals surface area contributed by atoms with Crippen LogP contribution in [0.4, 0.5) is 17.2 Å². The summed E-state index contributed by atoms with van der Waals surface area (Å²) < 4.78 is 6.86. The Labute approximate surface area is 165 Å². The molecule has 0 aliphatic heterocycles. The van der Waals surface area contributed by atoms with E-state index in [0.29, 0.717) is 28.9 Å². The molecule has 3 aromatic heterocycles. The van der Waals surface area contributed by atoms with Crippen molar-refractivity contribution >= 4 is 23.1 Å². The zero-order chi connectivity index (χ0) is 19.6. The van der Waals surface area contributed by atoms with Crippen LogP contribution in [0.5, 0.6) is 0 Å². The lowest BCUT2D eigenvalue weighted by Gasteiger charge is -2.07. The summed E-state index contributed by atoms with van der Waals surface area (Å²) in [4.78, 5) is 12.3. The minimum Gasteiger partial charge on any atom is -0.360 e. The number of nitrogens with one attached hydrogen (secondary N) is 2. The summed E-state index contributed by atoms with van der Waals surface area (Å²) in [5.74, 6) is 2.16. The number of anilines is 3. The van der Waals surface area contributed by atoms with Crippen molar-refractivity contribution in [3.05, 3.63) is 72.4 Å². The van der Waals surface area contributed by atoms with Gasteiger partial charge in [-0.2, -0.15) is 5.10 Å². The highest BCUT2D eigenvalue weighted by atomic mass is 16.5. The van der Waals surface area contributed by atoms with Crippen LogP contribution < -0.4 is 10.6 Å². The second-order valence-electron chi connectivity index (χ2n) is 6.77. The average Bonchev–Trinajstić information content (AvgIpc) is 3.24. The number of hydrogen-bond donors (Lipinski definition) is 2. The molecule has 1 saturated carbocycles. The van der Waals surface area contributed by atoms with Gasteiger partial charge in [-0.1, -0.05) is 5.16 Å². The Morgan fingerprint density at radius 1 is 1.07 bits per heavy atom. The molecule has 1 aliphatic rings. The molecule has 2 N–H and O–H groups in total. The summed E-state index contributed by atoms with van der Waals surface area (Å²) in [5, 5.41) is 22.2. The fraction of sp³-hybridized carbons (Fsp3) is 0.150. The quantitative estimate of drug-likeness (QED) is 0.521. The highest BCUT2D eigenvalue weighted by Crippen LogP contribution is 2.40. The standard InChI is InChI=1S/C20H17N7O2/c28-20(16-12-17(29-26-16)13-2-3-13)23-15-6-4-14(5-7-15)22-18-8-9-19(25-24-18)27-11-1-10-21-27/h1,4-13H,2-3H2,(H,22,24)(H,23,28). The fourth-order valence-electron chi connectivity index (χ4n) is 2.85. The molecule has 0 unspecified atom stereocenters. The maximum Gasteiger partial charge on any atom is 0.277 e. The summed E-state index contributed by atoms with van der Waals surface area (Å²) in [6.07, 6.45) is 5.68. The van der Waals surface area contributed by atoms with Gasteiger partial charge in [-0.15, -0.1) is 10.2 Å². The van der Waals surface area contributed by atoms with Crippen LogP contribution in [0.15, 0.2) is 65.4 Å². The van der Waals surface area contributed by atoms with Gasteiger partial charge in [0.1, 0.15) is 5.76 Å². The normalized spacial score (nSPS) is 13.2. The number of rotatable bonds is 6. The predicted molar refractivity (Wildman–Crippen MR) is 105 cm³/mol. The number of aromatic nitrogens is 5. The summed E-state index contributed by atoms with van der Waals surface area (Å²) in [5.41, 5.74) is 1.78. The summed E-state index contributed by atoms with van der Waals surface area (Å²) in [6.45, 7) is 0. The minimum atomic E-state index is -0.290. The molecule has 29 heavy (non-hydrogen) atoms. The number of nitrogens with zero attached hydrogens (tertiary/aromatic N) is 5. The lowest BCUT2D eigenvalue weighted by atomic mass is 10.2. The molecular formula is C20H17N7O2. The third-order valence-electron chi connectivity index (χ3n) is 4.55. The van der Waals surface area contributed by atoms with E-state index >= 15 is 0 Å². The third-order valence-corrected chi connectivity index (χ3v) is 4.55. The van der Waals surface area contributed by atoms with Crippen LogP contribution in [0.25, 0.3) is 5.82 Å². The van der Waals surface area contributed by atoms with Crippen LogP contribution in [-0.2, 0) is 0 Å². The van der Waals surface area contributed by atoms with E-state index in [9.17, 15) is 4.79 Å². The molecule has 1 aliphatic carbocycles. The Hall–Kier alpha value is -4.01. The monoisotopic (exact) mass is 387 g/mol. The molecule has 0 radical (unpaired) electrons. The highest BCUT2D eigenvalue weighted by molar-refractivity contribution is 6.02. The Balaban J connectivity index is 1.21. The van der Waals surface area contributed by atoms with Crippen LogP contribution in [0.3, 0.4) is 0 Å². The average molecular weight is 387 g/mol. The predicted octanol–water partition coefficient (Wildman–Crippen LogP) is 3.52. The van der Waals surface area contributed by atoms with Crippen molar-refractivity contribution in [3.8, 4) is 5.82 Å². The largest absolute Gasteiger partial charge is 0.360 e. The molecule has 1 amide bonds. The second kappa shape index (κ2) is 7.19. The zero-order valence-electron chi connectivity index (χ0n) is 15.3. The van der Waals surface area contributed by atoms with Gasteiger partial charge in [-0.05, 0) is 55.3 Å². The van der Waals surface area contributed by atoms with Crippen LogP contribution in [0, 0.1) is 0 Å². The molecule has 0 atom stereocenters. The van der Waals surface area contributed by atoms with Crippen molar-refractivity contribution in [1.29, 1.82) is 0 Å². The first-order valence-corrected chi connectivity index (χ1v) is 9.23. The van der Waals surface area contributed by atoms with Crippen molar-refractivity contribution in [2.75, 3.05) is 10.6 Å². The fourth-order valence-corrected chi connectivity index (χ4v) is 2.85. The Kier molecular flexibility index (Phi) is 4.24. The van der Waals surface area contributed by atoms with Crippen molar-refractivity contribution < 1.29 is 9.32 Å². The lowest BCUT2D eigenvalue weighted by molar-refractivity contribution is 0.101. The zero-order valence-corrected chi connectivity index (χ0v) is 15.3. The molecule has 0 bridgehead atoms. The topological polar surface area (TPSA) is 111 Å². The van der Waals surface area contributed by atoms with Gasteiger partial charge >= 0.3 is 0 Å². The second-order valence-corrected chi connectivity index (χ2v) is 6.77. The summed E-state index contributed by atoms with van der Waals surface area (Å²) in [7, 11) is 0. The van der Waals surface area contributed by atoms with Crippen LogP contribution >= 0.6 is 0 Å².